The second-order valence-corrected chi connectivity index (χ2v) is 4.79. The van der Waals surface area contributed by atoms with Gasteiger partial charge < -0.3 is 42.3 Å². The van der Waals surface area contributed by atoms with Crippen molar-refractivity contribution in [2.75, 3.05) is 32.7 Å². The summed E-state index contributed by atoms with van der Waals surface area (Å²) in [5, 5.41) is 20.9. The van der Waals surface area contributed by atoms with Crippen molar-refractivity contribution < 1.29 is 46.4 Å². The van der Waals surface area contributed by atoms with Crippen LogP contribution >= 0.6 is 0 Å². The van der Waals surface area contributed by atoms with Crippen molar-refractivity contribution in [3.63, 3.8) is 0 Å². The standard InChI is InChI=1S/C14H21N3O2.3O.Tc/c18-14(19)12-3-1-11(2-4-12)9-13-10-16-6-5-15-7-8-17-13;;;;/h1-4,13,15-17H,5-10H2,(H,18,19);;;;/q;3*-2;+7/p-1. The SMILES string of the molecule is O=C([O-])c1ccc(CC2CNCCNCCN2)cc1.[O-2].[O-2].[O-2].[Tc+7]. The van der Waals surface area contributed by atoms with Gasteiger partial charge in [-0.3, -0.25) is 0 Å². The van der Waals surface area contributed by atoms with Gasteiger partial charge in [-0.1, -0.05) is 24.3 Å². The molecule has 0 aliphatic carbocycles. The van der Waals surface area contributed by atoms with Gasteiger partial charge in [0.2, 0.25) is 0 Å². The van der Waals surface area contributed by atoms with Crippen molar-refractivity contribution in [3.05, 3.63) is 35.4 Å². The number of aromatic carboxylic acids is 1. The Hall–Kier alpha value is -0.901. The molecule has 3 N–H and O–H groups in total. The molecule has 1 aliphatic rings. The molecule has 1 heterocycles. The molecule has 23 heavy (non-hydrogen) atoms. The van der Waals surface area contributed by atoms with E-state index in [-0.39, 0.29) is 42.1 Å². The van der Waals surface area contributed by atoms with E-state index in [2.05, 4.69) is 16.0 Å². The second-order valence-electron chi connectivity index (χ2n) is 4.79. The maximum atomic E-state index is 10.7. The summed E-state index contributed by atoms with van der Waals surface area (Å²) in [5.74, 6) is -1.13. The summed E-state index contributed by atoms with van der Waals surface area (Å²) in [6.45, 7) is 4.81. The number of hydrogen-bond donors (Lipinski definition) is 3. The van der Waals surface area contributed by atoms with Crippen molar-refractivity contribution in [2.45, 2.75) is 12.5 Å². The third-order valence-corrected chi connectivity index (χ3v) is 3.28. The summed E-state index contributed by atoms with van der Waals surface area (Å²) in [6.07, 6.45) is 0.889. The van der Waals surface area contributed by atoms with E-state index < -0.39 is 5.97 Å². The first-order valence-electron chi connectivity index (χ1n) is 6.71. The predicted molar refractivity (Wildman–Crippen MR) is 74.1 cm³/mol. The average molecular weight is 408 g/mol. The largest absolute Gasteiger partial charge is 7.00 e. The van der Waals surface area contributed by atoms with Gasteiger partial charge in [0.15, 0.2) is 0 Å². The van der Waals surface area contributed by atoms with Crippen LogP contribution in [0, 0.1) is 0 Å². The van der Waals surface area contributed by atoms with Crippen LogP contribution in [0.5, 0.6) is 0 Å². The Kier molecular flexibility index (Phi) is 17.2. The van der Waals surface area contributed by atoms with Gasteiger partial charge in [-0.25, -0.2) is 0 Å². The van der Waals surface area contributed by atoms with Crippen molar-refractivity contribution >= 4 is 5.97 Å². The number of nitrogens with one attached hydrogen (secondary N) is 3. The summed E-state index contributed by atoms with van der Waals surface area (Å²) >= 11 is 0. The molecule has 2 rings (SSSR count). The van der Waals surface area contributed by atoms with Crippen LogP contribution in [-0.2, 0) is 43.0 Å². The second kappa shape index (κ2) is 14.7. The van der Waals surface area contributed by atoms with Gasteiger partial charge in [0.05, 0.1) is 5.97 Å². The van der Waals surface area contributed by atoms with E-state index in [1.807, 2.05) is 12.1 Å². The number of rotatable bonds is 3. The molecule has 0 spiro atoms. The summed E-state index contributed by atoms with van der Waals surface area (Å²) in [4.78, 5) is 10.7. The summed E-state index contributed by atoms with van der Waals surface area (Å²) in [7, 11) is 0. The monoisotopic (exact) mass is 407 g/mol. The normalized spacial score (nSPS) is 17.5. The summed E-state index contributed by atoms with van der Waals surface area (Å²) in [6, 6.07) is 7.30. The van der Waals surface area contributed by atoms with E-state index in [0.717, 1.165) is 44.7 Å². The number of benzene rings is 1. The van der Waals surface area contributed by atoms with E-state index in [9.17, 15) is 9.90 Å². The van der Waals surface area contributed by atoms with Crippen molar-refractivity contribution in [3.8, 4) is 0 Å². The van der Waals surface area contributed by atoms with Crippen LogP contribution in [0.4, 0.5) is 0 Å². The van der Waals surface area contributed by atoms with Gasteiger partial charge in [-0.2, -0.15) is 0 Å². The van der Waals surface area contributed by atoms with E-state index in [1.165, 1.54) is 0 Å². The molecule has 9 heteroatoms. The minimum atomic E-state index is -1.13. The first-order chi connectivity index (χ1) is 9.25. The quantitative estimate of drug-likeness (QED) is 0.547. The topological polar surface area (TPSA) is 162 Å². The van der Waals surface area contributed by atoms with Crippen LogP contribution in [-0.4, -0.2) is 44.7 Å². The number of hydrogen-bond acceptors (Lipinski definition) is 5. The molecule has 0 radical (unpaired) electrons. The zero-order chi connectivity index (χ0) is 13.5. The molecule has 8 nitrogen and oxygen atoms in total. The summed E-state index contributed by atoms with van der Waals surface area (Å²) < 4.78 is 0. The summed E-state index contributed by atoms with van der Waals surface area (Å²) in [5.41, 5.74) is 1.37. The Bertz CT molecular complexity index is 409. The number of carboxylic acid groups (broad SMARTS) is 1. The van der Waals surface area contributed by atoms with Crippen LogP contribution in [0.3, 0.4) is 0 Å². The molecule has 1 aromatic rings. The molecule has 0 saturated carbocycles. The molecule has 0 bridgehead atoms. The third-order valence-electron chi connectivity index (χ3n) is 3.28. The van der Waals surface area contributed by atoms with Crippen molar-refractivity contribution in [1.82, 2.24) is 16.0 Å². The third kappa shape index (κ3) is 9.75. The Morgan fingerprint density at radius 2 is 1.57 bits per heavy atom. The smallest absolute Gasteiger partial charge is 2.00 e. The Morgan fingerprint density at radius 3 is 2.17 bits per heavy atom. The number of carboxylic acids is 1. The van der Waals surface area contributed by atoms with Crippen molar-refractivity contribution in [2.24, 2.45) is 0 Å². The molecule has 1 fully saturated rings. The fourth-order valence-electron chi connectivity index (χ4n) is 2.22. The van der Waals surface area contributed by atoms with Gasteiger partial charge in [-0.15, -0.1) is 0 Å². The van der Waals surface area contributed by atoms with Gasteiger partial charge in [0.1, 0.15) is 0 Å². The molecule has 128 valence electrons. The fourth-order valence-corrected chi connectivity index (χ4v) is 2.22. The molecule has 1 atom stereocenters. The minimum absolute atomic E-state index is 0. The van der Waals surface area contributed by atoms with Crippen LogP contribution in [0.15, 0.2) is 24.3 Å². The molecule has 1 unspecified atom stereocenters. The maximum absolute atomic E-state index is 10.7. The first kappa shape index (κ1) is 27.0. The van der Waals surface area contributed by atoms with Gasteiger partial charge >= 0.3 is 20.1 Å². The molecule has 1 saturated heterocycles. The van der Waals surface area contributed by atoms with Gasteiger partial charge in [-0.05, 0) is 17.5 Å². The van der Waals surface area contributed by atoms with Gasteiger partial charge in [0.25, 0.3) is 0 Å². The molecular weight excluding hydrogens is 388 g/mol. The van der Waals surface area contributed by atoms with Crippen molar-refractivity contribution in [1.29, 1.82) is 0 Å². The molecule has 0 amide bonds. The van der Waals surface area contributed by atoms with E-state index in [0.29, 0.717) is 6.04 Å². The van der Waals surface area contributed by atoms with Crippen LogP contribution in [0.1, 0.15) is 15.9 Å². The molecular formula is C14H20N3O5Tc. The maximum Gasteiger partial charge on any atom is 7.00 e. The molecule has 1 aliphatic heterocycles. The zero-order valence-corrected chi connectivity index (χ0v) is 14.4. The average Bonchev–Trinajstić information content (AvgIpc) is 2.53. The van der Waals surface area contributed by atoms with E-state index in [1.54, 1.807) is 12.1 Å². The van der Waals surface area contributed by atoms with Crippen LogP contribution in [0.2, 0.25) is 0 Å². The van der Waals surface area contributed by atoms with E-state index >= 15 is 0 Å². The predicted octanol–water partition coefficient (Wildman–Crippen LogP) is -1.62. The number of carbonyl (C=O) groups excluding carboxylic acids is 1. The van der Waals surface area contributed by atoms with E-state index in [4.69, 9.17) is 0 Å². The fraction of sp³-hybridized carbons (Fsp3) is 0.500. The van der Waals surface area contributed by atoms with Crippen LogP contribution in [0.25, 0.3) is 0 Å². The van der Waals surface area contributed by atoms with Gasteiger partial charge in [0, 0.05) is 38.8 Å². The Labute approximate surface area is 149 Å². The minimum Gasteiger partial charge on any atom is -2.00 e. The molecule has 1 aromatic carbocycles. The Balaban J connectivity index is -0.000001000. The number of carbonyl (C=O) groups is 1. The van der Waals surface area contributed by atoms with Crippen LogP contribution < -0.4 is 21.1 Å². The molecule has 0 aromatic heterocycles. The first-order valence-corrected chi connectivity index (χ1v) is 6.71. The zero-order valence-electron chi connectivity index (χ0n) is 12.5. The Morgan fingerprint density at radius 1 is 1.00 bits per heavy atom.